The number of halogens is 2. The van der Waals surface area contributed by atoms with Crippen LogP contribution in [0.1, 0.15) is 30.4 Å². The molecule has 0 aliphatic heterocycles. The number of ether oxygens (including phenoxy) is 1. The largest absolute Gasteiger partial charge is 0.377 e. The van der Waals surface area contributed by atoms with Crippen LogP contribution in [0, 0.1) is 5.92 Å². The van der Waals surface area contributed by atoms with Crippen LogP contribution in [-0.2, 0) is 4.74 Å². The quantitative estimate of drug-likeness (QED) is 0.473. The molecule has 2 fully saturated rings. The second-order valence-electron chi connectivity index (χ2n) is 6.89. The van der Waals surface area contributed by atoms with Crippen molar-refractivity contribution in [3.05, 3.63) is 79.7 Å². The highest BCUT2D eigenvalue weighted by molar-refractivity contribution is 9.10. The third-order valence-electron chi connectivity index (χ3n) is 4.82. The molecule has 0 bridgehead atoms. The minimum absolute atomic E-state index is 0.413. The molecular formula is C22H20Br2O. The van der Waals surface area contributed by atoms with Gasteiger partial charge in [-0.15, -0.1) is 0 Å². The minimum Gasteiger partial charge on any atom is -0.377 e. The summed E-state index contributed by atoms with van der Waals surface area (Å²) in [7, 11) is 0. The van der Waals surface area contributed by atoms with Crippen molar-refractivity contribution in [1.29, 1.82) is 0 Å². The lowest BCUT2D eigenvalue weighted by Gasteiger charge is -2.29. The summed E-state index contributed by atoms with van der Waals surface area (Å²) in [5.41, 5.74) is 5.57. The summed E-state index contributed by atoms with van der Waals surface area (Å²) in [4.78, 5) is 0. The van der Waals surface area contributed by atoms with Crippen molar-refractivity contribution in [2.24, 2.45) is 5.92 Å². The Bertz CT molecular complexity index is 795. The normalized spacial score (nSPS) is 23.4. The molecule has 1 unspecified atom stereocenters. The molecular weight excluding hydrogens is 440 g/mol. The molecule has 3 heteroatoms. The van der Waals surface area contributed by atoms with Crippen LogP contribution in [0.25, 0.3) is 12.2 Å². The summed E-state index contributed by atoms with van der Waals surface area (Å²) in [6.07, 6.45) is 8.35. The minimum atomic E-state index is 0.413. The van der Waals surface area contributed by atoms with Crippen LogP contribution < -0.4 is 0 Å². The topological polar surface area (TPSA) is 9.23 Å². The van der Waals surface area contributed by atoms with Gasteiger partial charge in [-0.3, -0.25) is 0 Å². The Kier molecular flexibility index (Phi) is 5.25. The van der Waals surface area contributed by atoms with Crippen molar-refractivity contribution in [3.8, 4) is 0 Å². The molecule has 0 heterocycles. The molecule has 0 N–H and O–H groups in total. The summed E-state index contributed by atoms with van der Waals surface area (Å²) < 4.78 is 8.33. The molecule has 0 spiro atoms. The molecule has 2 aliphatic carbocycles. The molecule has 25 heavy (non-hydrogen) atoms. The molecule has 2 aromatic carbocycles. The standard InChI is InChI=1S/C22H20Br2O/c23-20-5-1-15(2-6-20)9-17-11-22(12-17)25-14-19-13-18(19)10-16-3-7-21(24)8-4-16/h1-10,19,22H,11-14H2/b17-9?,18-10-. The monoisotopic (exact) mass is 458 g/mol. The summed E-state index contributed by atoms with van der Waals surface area (Å²) >= 11 is 6.95. The van der Waals surface area contributed by atoms with Gasteiger partial charge in [0.05, 0.1) is 12.7 Å². The fourth-order valence-corrected chi connectivity index (χ4v) is 3.68. The Labute approximate surface area is 166 Å². The van der Waals surface area contributed by atoms with E-state index in [1.807, 2.05) is 0 Å². The number of benzene rings is 2. The van der Waals surface area contributed by atoms with E-state index in [9.17, 15) is 0 Å². The smallest absolute Gasteiger partial charge is 0.0649 e. The van der Waals surface area contributed by atoms with E-state index in [0.717, 1.165) is 28.4 Å². The van der Waals surface area contributed by atoms with Gasteiger partial charge in [-0.2, -0.15) is 0 Å². The van der Waals surface area contributed by atoms with Crippen LogP contribution in [0.2, 0.25) is 0 Å². The fourth-order valence-electron chi connectivity index (χ4n) is 3.15. The van der Waals surface area contributed by atoms with Gasteiger partial charge in [0.1, 0.15) is 0 Å². The molecule has 0 amide bonds. The van der Waals surface area contributed by atoms with Gasteiger partial charge in [0.15, 0.2) is 0 Å². The van der Waals surface area contributed by atoms with Gasteiger partial charge >= 0.3 is 0 Å². The number of hydrogen-bond donors (Lipinski definition) is 0. The third-order valence-corrected chi connectivity index (χ3v) is 5.88. The van der Waals surface area contributed by atoms with E-state index in [1.54, 1.807) is 0 Å². The van der Waals surface area contributed by atoms with E-state index in [-0.39, 0.29) is 0 Å². The first-order valence-corrected chi connectivity index (χ1v) is 10.3. The van der Waals surface area contributed by atoms with E-state index in [0.29, 0.717) is 12.0 Å². The van der Waals surface area contributed by atoms with Crippen molar-refractivity contribution in [2.45, 2.75) is 25.4 Å². The number of hydrogen-bond acceptors (Lipinski definition) is 1. The zero-order valence-corrected chi connectivity index (χ0v) is 17.1. The second kappa shape index (κ2) is 7.61. The van der Waals surface area contributed by atoms with Gasteiger partial charge in [-0.05, 0) is 54.7 Å². The van der Waals surface area contributed by atoms with Crippen molar-refractivity contribution in [2.75, 3.05) is 6.61 Å². The van der Waals surface area contributed by atoms with E-state index in [4.69, 9.17) is 4.74 Å². The van der Waals surface area contributed by atoms with Crippen molar-refractivity contribution >= 4 is 44.0 Å². The molecule has 2 saturated carbocycles. The molecule has 1 nitrogen and oxygen atoms in total. The maximum Gasteiger partial charge on any atom is 0.0649 e. The summed E-state index contributed by atoms with van der Waals surface area (Å²) in [6, 6.07) is 17.0. The third kappa shape index (κ3) is 4.72. The first kappa shape index (κ1) is 17.3. The zero-order valence-electron chi connectivity index (χ0n) is 13.9. The van der Waals surface area contributed by atoms with Crippen molar-refractivity contribution < 1.29 is 4.74 Å². The Morgan fingerprint density at radius 1 is 0.800 bits per heavy atom. The predicted octanol–water partition coefficient (Wildman–Crippen LogP) is 6.88. The van der Waals surface area contributed by atoms with Gasteiger partial charge in [-0.1, -0.05) is 79.4 Å². The lowest BCUT2D eigenvalue weighted by atomic mass is 9.87. The molecule has 2 aromatic rings. The van der Waals surface area contributed by atoms with Gasteiger partial charge < -0.3 is 4.74 Å². The van der Waals surface area contributed by atoms with Crippen LogP contribution in [0.4, 0.5) is 0 Å². The van der Waals surface area contributed by atoms with E-state index < -0.39 is 0 Å². The summed E-state index contributed by atoms with van der Waals surface area (Å²) in [5.74, 6) is 0.628. The number of rotatable bonds is 5. The Morgan fingerprint density at radius 2 is 1.36 bits per heavy atom. The summed E-state index contributed by atoms with van der Waals surface area (Å²) in [6.45, 7) is 0.874. The van der Waals surface area contributed by atoms with Gasteiger partial charge in [0, 0.05) is 14.9 Å². The highest BCUT2D eigenvalue weighted by Gasteiger charge is 2.32. The van der Waals surface area contributed by atoms with E-state index in [1.165, 1.54) is 28.7 Å². The van der Waals surface area contributed by atoms with E-state index in [2.05, 4.69) is 92.5 Å². The zero-order chi connectivity index (χ0) is 17.2. The average Bonchev–Trinajstić information content (AvgIpc) is 3.31. The molecule has 128 valence electrons. The molecule has 0 radical (unpaired) electrons. The highest BCUT2D eigenvalue weighted by atomic mass is 79.9. The van der Waals surface area contributed by atoms with Gasteiger partial charge in [0.25, 0.3) is 0 Å². The predicted molar refractivity (Wildman–Crippen MR) is 111 cm³/mol. The van der Waals surface area contributed by atoms with Crippen LogP contribution in [-0.4, -0.2) is 12.7 Å². The fraction of sp³-hybridized carbons (Fsp3) is 0.273. The Hall–Kier alpha value is -1.16. The second-order valence-corrected chi connectivity index (χ2v) is 8.72. The lowest BCUT2D eigenvalue weighted by Crippen LogP contribution is -2.25. The first-order valence-electron chi connectivity index (χ1n) is 8.68. The molecule has 0 saturated heterocycles. The van der Waals surface area contributed by atoms with Gasteiger partial charge in [-0.25, -0.2) is 0 Å². The van der Waals surface area contributed by atoms with Crippen LogP contribution in [0.3, 0.4) is 0 Å². The Balaban J connectivity index is 1.21. The van der Waals surface area contributed by atoms with Crippen molar-refractivity contribution in [3.63, 3.8) is 0 Å². The average molecular weight is 460 g/mol. The molecule has 2 aliphatic rings. The lowest BCUT2D eigenvalue weighted by molar-refractivity contribution is 0.0242. The van der Waals surface area contributed by atoms with Gasteiger partial charge in [0.2, 0.25) is 0 Å². The molecule has 0 aromatic heterocycles. The maximum atomic E-state index is 6.08. The van der Waals surface area contributed by atoms with Crippen LogP contribution >= 0.6 is 31.9 Å². The molecule has 4 rings (SSSR count). The van der Waals surface area contributed by atoms with E-state index >= 15 is 0 Å². The first-order chi connectivity index (χ1) is 12.2. The van der Waals surface area contributed by atoms with Crippen LogP contribution in [0.5, 0.6) is 0 Å². The summed E-state index contributed by atoms with van der Waals surface area (Å²) in [5, 5.41) is 0. The van der Waals surface area contributed by atoms with Crippen molar-refractivity contribution in [1.82, 2.24) is 0 Å². The Morgan fingerprint density at radius 3 is 1.96 bits per heavy atom. The molecule has 1 atom stereocenters. The SMILES string of the molecule is Brc1ccc(C=C2CC(OCC3C/C3=C/c3ccc(Br)cc3)C2)cc1. The maximum absolute atomic E-state index is 6.08. The van der Waals surface area contributed by atoms with Crippen LogP contribution in [0.15, 0.2) is 68.6 Å². The highest BCUT2D eigenvalue weighted by Crippen LogP contribution is 2.41.